The van der Waals surface area contributed by atoms with Gasteiger partial charge in [0.2, 0.25) is 0 Å². The number of likely N-dealkylation sites (N-methyl/N-ethyl adjacent to an activating group) is 1. The highest BCUT2D eigenvalue weighted by Crippen LogP contribution is 2.39. The molecule has 3 atom stereocenters. The molecule has 0 spiro atoms. The summed E-state index contributed by atoms with van der Waals surface area (Å²) in [4.78, 5) is 37.1. The van der Waals surface area contributed by atoms with Crippen LogP contribution in [0.4, 0.5) is 10.2 Å². The van der Waals surface area contributed by atoms with E-state index in [1.54, 1.807) is 38.4 Å². The molecule has 0 saturated carbocycles. The third-order valence-electron chi connectivity index (χ3n) is 11.9. The van der Waals surface area contributed by atoms with Crippen LogP contribution < -0.4 is 25.9 Å². The fraction of sp³-hybridized carbons (Fsp3) is 0.479. The number of nitrogens with two attached hydrogens (primary N) is 1. The molecule has 59 heavy (non-hydrogen) atoms. The molecule has 2 aliphatic rings. The van der Waals surface area contributed by atoms with Crippen molar-refractivity contribution in [1.29, 1.82) is 0 Å². The van der Waals surface area contributed by atoms with Crippen molar-refractivity contribution in [3.63, 3.8) is 0 Å². The minimum absolute atomic E-state index is 0.0230. The summed E-state index contributed by atoms with van der Waals surface area (Å²) >= 11 is 0. The molecule has 11 heteroatoms. The first kappa shape index (κ1) is 43.1. The Kier molecular flexibility index (Phi) is 13.3. The number of halogens is 1. The summed E-state index contributed by atoms with van der Waals surface area (Å²) < 4.78 is 22.2. The van der Waals surface area contributed by atoms with Crippen molar-refractivity contribution >= 4 is 45.2 Å². The van der Waals surface area contributed by atoms with Gasteiger partial charge in [0, 0.05) is 48.8 Å². The molecule has 3 unspecified atom stereocenters. The molecule has 1 amide bonds. The zero-order valence-corrected chi connectivity index (χ0v) is 36.1. The number of unbranched alkanes of at least 4 members (excludes halogenated alkanes) is 3. The van der Waals surface area contributed by atoms with E-state index < -0.39 is 5.82 Å². The van der Waals surface area contributed by atoms with Gasteiger partial charge in [-0.15, -0.1) is 6.42 Å². The monoisotopic (exact) mass is 801 g/mol. The third-order valence-corrected chi connectivity index (χ3v) is 11.9. The standard InChI is InChI=1S/C48H60FN7O3/c1-10-13-15-20-48(7,19-14-11-2)28-59-47-53-43-30(5)40(36-26-34(57)24-32-17-18-38(49)35(12-3)41(32)36)44-37(23-29(4)31(6)52-44)42(43)45(54-47)56-22-16-21-51-33(27-56)25-39(50)46(58)55(8)9/h3,17-18,23-26,29,31,57H,10-11,13-16,19-22,27-28,50H2,1-2,4-9H3/b39-25-. The lowest BCUT2D eigenvalue weighted by Gasteiger charge is -2.30. The van der Waals surface area contributed by atoms with Gasteiger partial charge in [-0.05, 0) is 79.8 Å². The number of phenolic OH excluding ortho intramolecular Hbond substituents is 1. The third kappa shape index (κ3) is 9.07. The van der Waals surface area contributed by atoms with Crippen LogP contribution in [-0.4, -0.2) is 78.0 Å². The van der Waals surface area contributed by atoms with Gasteiger partial charge in [-0.3, -0.25) is 14.8 Å². The Hall–Kier alpha value is -5.50. The van der Waals surface area contributed by atoms with Gasteiger partial charge >= 0.3 is 6.01 Å². The summed E-state index contributed by atoms with van der Waals surface area (Å²) in [7, 11) is 3.34. The number of amides is 1. The number of anilines is 1. The van der Waals surface area contributed by atoms with Crippen molar-refractivity contribution in [2.45, 2.75) is 99.0 Å². The number of phenols is 1. The molecular formula is C48H60FN7O3. The predicted octanol–water partition coefficient (Wildman–Crippen LogP) is 7.76. The molecule has 2 aliphatic heterocycles. The van der Waals surface area contributed by atoms with E-state index >= 15 is 4.39 Å². The summed E-state index contributed by atoms with van der Waals surface area (Å²) in [6.07, 6.45) is 18.3. The summed E-state index contributed by atoms with van der Waals surface area (Å²) in [6, 6.07) is 6.40. The van der Waals surface area contributed by atoms with Crippen LogP contribution in [0.2, 0.25) is 0 Å². The molecule has 3 aromatic carbocycles. The molecule has 0 saturated heterocycles. The van der Waals surface area contributed by atoms with E-state index in [1.807, 2.05) is 6.92 Å². The highest BCUT2D eigenvalue weighted by molar-refractivity contribution is 6.08. The van der Waals surface area contributed by atoms with Gasteiger partial charge in [-0.25, -0.2) is 4.39 Å². The number of rotatable bonds is 14. The van der Waals surface area contributed by atoms with Crippen molar-refractivity contribution in [3.05, 3.63) is 63.6 Å². The minimum Gasteiger partial charge on any atom is -0.508 e. The number of aromatic hydroxyl groups is 1. The number of nitrogens with zero attached hydrogens (tertiary/aromatic N) is 6. The Labute approximate surface area is 348 Å². The molecule has 4 aromatic rings. The average molecular weight is 802 g/mol. The van der Waals surface area contributed by atoms with Crippen molar-refractivity contribution in [2.75, 3.05) is 45.2 Å². The first-order valence-electron chi connectivity index (χ1n) is 21.2. The van der Waals surface area contributed by atoms with Crippen LogP contribution in [-0.2, 0) is 4.79 Å². The Morgan fingerprint density at radius 3 is 2.59 bits per heavy atom. The second-order valence-electron chi connectivity index (χ2n) is 17.0. The van der Waals surface area contributed by atoms with Gasteiger partial charge in [0.1, 0.15) is 17.4 Å². The molecule has 10 nitrogen and oxygen atoms in total. The number of hydrogen-bond acceptors (Lipinski definition) is 9. The second kappa shape index (κ2) is 18.2. The van der Waals surface area contributed by atoms with Crippen molar-refractivity contribution in [3.8, 4) is 35.2 Å². The van der Waals surface area contributed by atoms with Gasteiger partial charge in [0.25, 0.3) is 5.91 Å². The fourth-order valence-electron chi connectivity index (χ4n) is 8.40. The summed E-state index contributed by atoms with van der Waals surface area (Å²) in [5.41, 5.74) is 9.83. The smallest absolute Gasteiger partial charge is 0.318 e. The normalized spacial score (nSPS) is 17.9. The number of benzene rings is 3. The number of fused-ring (bicyclic) bond motifs is 4. The number of aryl methyl sites for hydroxylation is 1. The van der Waals surface area contributed by atoms with E-state index in [9.17, 15) is 9.90 Å². The Balaban J connectivity index is 1.66. The van der Waals surface area contributed by atoms with E-state index in [2.05, 4.69) is 51.5 Å². The topological polar surface area (TPSA) is 130 Å². The molecule has 3 heterocycles. The van der Waals surface area contributed by atoms with Crippen molar-refractivity contribution in [2.24, 2.45) is 27.1 Å². The number of terminal acetylenes is 1. The molecule has 312 valence electrons. The van der Waals surface area contributed by atoms with Crippen LogP contribution in [0.15, 0.2) is 46.0 Å². The first-order valence-corrected chi connectivity index (χ1v) is 21.2. The molecule has 0 radical (unpaired) electrons. The molecule has 0 aliphatic carbocycles. The number of carbonyl (C=O) groups is 1. The van der Waals surface area contributed by atoms with E-state index in [-0.39, 0.29) is 46.3 Å². The van der Waals surface area contributed by atoms with Gasteiger partial charge in [-0.1, -0.05) is 77.9 Å². The lowest BCUT2D eigenvalue weighted by molar-refractivity contribution is -0.124. The van der Waals surface area contributed by atoms with Crippen molar-refractivity contribution < 1.29 is 19.0 Å². The molecule has 1 aromatic heterocycles. The average Bonchev–Trinajstić information content (AvgIpc) is 3.45. The number of ether oxygens (including phenoxy) is 1. The summed E-state index contributed by atoms with van der Waals surface area (Å²) in [5.74, 6) is 2.53. The maximum atomic E-state index is 15.5. The van der Waals surface area contributed by atoms with E-state index in [1.165, 1.54) is 11.0 Å². The maximum Gasteiger partial charge on any atom is 0.318 e. The van der Waals surface area contributed by atoms with Crippen LogP contribution in [0.25, 0.3) is 38.9 Å². The molecule has 3 N–H and O–H groups in total. The van der Waals surface area contributed by atoms with Gasteiger partial charge in [-0.2, -0.15) is 9.97 Å². The zero-order chi connectivity index (χ0) is 42.6. The summed E-state index contributed by atoms with van der Waals surface area (Å²) in [5, 5.41) is 14.6. The maximum absolute atomic E-state index is 15.5. The molecule has 0 fully saturated rings. The molecular weight excluding hydrogens is 742 g/mol. The number of aliphatic imine (C=N–C) groups is 1. The van der Waals surface area contributed by atoms with Crippen molar-refractivity contribution in [1.82, 2.24) is 14.9 Å². The Morgan fingerprint density at radius 2 is 1.88 bits per heavy atom. The van der Waals surface area contributed by atoms with Crippen LogP contribution in [0.5, 0.6) is 11.8 Å². The number of carbonyl (C=O) groups excluding carboxylic acids is 1. The molecule has 0 bridgehead atoms. The van der Waals surface area contributed by atoms with E-state index in [0.717, 1.165) is 67.5 Å². The lowest BCUT2D eigenvalue weighted by Crippen LogP contribution is -2.39. The van der Waals surface area contributed by atoms with Crippen LogP contribution in [0, 0.1) is 36.4 Å². The predicted molar refractivity (Wildman–Crippen MR) is 238 cm³/mol. The second-order valence-corrected chi connectivity index (χ2v) is 17.0. The van der Waals surface area contributed by atoms with Gasteiger partial charge < -0.3 is 25.4 Å². The van der Waals surface area contributed by atoms with Crippen LogP contribution in [0.1, 0.15) is 97.1 Å². The molecule has 6 rings (SSSR count). The Morgan fingerprint density at radius 1 is 1.14 bits per heavy atom. The first-order chi connectivity index (χ1) is 28.2. The summed E-state index contributed by atoms with van der Waals surface area (Å²) in [6.45, 7) is 14.9. The van der Waals surface area contributed by atoms with E-state index in [4.69, 9.17) is 36.8 Å². The lowest BCUT2D eigenvalue weighted by atomic mass is 9.81. The minimum atomic E-state index is -0.518. The zero-order valence-electron chi connectivity index (χ0n) is 36.1. The highest BCUT2D eigenvalue weighted by atomic mass is 19.1. The SMILES string of the molecule is C#Cc1c(F)ccc2cc(O)cc(-c3c(C)c4nc(OCC(C)(CCCC)CCCCC)nc(N5CCCN=C(/C=C(\N)C(=O)N(C)C)C5)c4c4c3=NC(C)C(C)C=4)c12. The fourth-order valence-corrected chi connectivity index (χ4v) is 8.40. The highest BCUT2D eigenvalue weighted by Gasteiger charge is 2.29. The van der Waals surface area contributed by atoms with Crippen LogP contribution in [0.3, 0.4) is 0 Å². The van der Waals surface area contributed by atoms with Gasteiger partial charge in [0.15, 0.2) is 0 Å². The van der Waals surface area contributed by atoms with E-state index in [0.29, 0.717) is 70.5 Å². The van der Waals surface area contributed by atoms with Crippen LogP contribution >= 0.6 is 0 Å². The number of aromatic nitrogens is 2. The quantitative estimate of drug-likeness (QED) is 0.0758. The Bertz CT molecular complexity index is 2490. The largest absolute Gasteiger partial charge is 0.508 e. The van der Waals surface area contributed by atoms with Gasteiger partial charge in [0.05, 0.1) is 52.4 Å². The number of hydrogen-bond donors (Lipinski definition) is 2.